The average molecular weight is 453 g/mol. The lowest BCUT2D eigenvalue weighted by molar-refractivity contribution is -0.121. The number of hydrogen-bond donors (Lipinski definition) is 1. The molecule has 4 rings (SSSR count). The van der Waals surface area contributed by atoms with Crippen LogP contribution in [0.15, 0.2) is 65.7 Å². The van der Waals surface area contributed by atoms with Crippen molar-refractivity contribution in [1.82, 2.24) is 15.0 Å². The summed E-state index contributed by atoms with van der Waals surface area (Å²) in [6.07, 6.45) is 3.25. The molecule has 1 saturated heterocycles. The summed E-state index contributed by atoms with van der Waals surface area (Å²) < 4.78 is 10.9. The van der Waals surface area contributed by atoms with Crippen LogP contribution in [0.25, 0.3) is 11.4 Å². The van der Waals surface area contributed by atoms with Crippen molar-refractivity contribution in [3.05, 3.63) is 72.1 Å². The SMILES string of the molecule is C=CCOc1ccc(NC(=O)C2CCN(Cc3nc(-c4cccc(Cl)c4)no3)CC2)cc1. The Hall–Kier alpha value is -3.16. The predicted molar refractivity (Wildman–Crippen MR) is 124 cm³/mol. The molecule has 2 aromatic carbocycles. The number of halogens is 1. The van der Waals surface area contributed by atoms with Gasteiger partial charge in [0.2, 0.25) is 17.6 Å². The molecule has 0 aliphatic carbocycles. The van der Waals surface area contributed by atoms with Crippen LogP contribution in [0.3, 0.4) is 0 Å². The van der Waals surface area contributed by atoms with Crippen LogP contribution in [0.1, 0.15) is 18.7 Å². The number of piperidine rings is 1. The van der Waals surface area contributed by atoms with E-state index >= 15 is 0 Å². The molecule has 1 fully saturated rings. The zero-order valence-electron chi connectivity index (χ0n) is 17.7. The van der Waals surface area contributed by atoms with Crippen molar-refractivity contribution in [2.45, 2.75) is 19.4 Å². The minimum absolute atomic E-state index is 0.0207. The molecular weight excluding hydrogens is 428 g/mol. The van der Waals surface area contributed by atoms with E-state index in [2.05, 4.69) is 26.9 Å². The maximum absolute atomic E-state index is 12.7. The van der Waals surface area contributed by atoms with Crippen molar-refractivity contribution in [3.8, 4) is 17.1 Å². The van der Waals surface area contributed by atoms with Gasteiger partial charge in [-0.15, -0.1) is 0 Å². The lowest BCUT2D eigenvalue weighted by Crippen LogP contribution is -2.37. The summed E-state index contributed by atoms with van der Waals surface area (Å²) in [7, 11) is 0. The zero-order valence-corrected chi connectivity index (χ0v) is 18.4. The third kappa shape index (κ3) is 5.75. The molecule has 2 heterocycles. The molecule has 0 spiro atoms. The number of aromatic nitrogens is 2. The largest absolute Gasteiger partial charge is 0.490 e. The topological polar surface area (TPSA) is 80.5 Å². The van der Waals surface area contributed by atoms with Gasteiger partial charge in [-0.3, -0.25) is 9.69 Å². The molecule has 32 heavy (non-hydrogen) atoms. The number of nitrogens with one attached hydrogen (secondary N) is 1. The monoisotopic (exact) mass is 452 g/mol. The second kappa shape index (κ2) is 10.4. The molecule has 1 aliphatic heterocycles. The van der Waals surface area contributed by atoms with Crippen molar-refractivity contribution in [1.29, 1.82) is 0 Å². The van der Waals surface area contributed by atoms with Gasteiger partial charge < -0.3 is 14.6 Å². The van der Waals surface area contributed by atoms with Crippen molar-refractivity contribution < 1.29 is 14.1 Å². The van der Waals surface area contributed by atoms with Gasteiger partial charge in [-0.05, 0) is 62.3 Å². The summed E-state index contributed by atoms with van der Waals surface area (Å²) in [5.74, 6) is 1.85. The Morgan fingerprint density at radius 2 is 2.03 bits per heavy atom. The lowest BCUT2D eigenvalue weighted by atomic mass is 9.96. The maximum Gasteiger partial charge on any atom is 0.241 e. The molecule has 1 aliphatic rings. The number of hydrogen-bond acceptors (Lipinski definition) is 6. The standard InChI is InChI=1S/C24H25ClN4O3/c1-2-14-31-21-8-6-20(7-9-21)26-24(30)17-10-12-29(13-11-17)16-22-27-23(28-32-22)18-4-3-5-19(25)15-18/h2-9,15,17H,1,10-14,16H2,(H,26,30). The highest BCUT2D eigenvalue weighted by Gasteiger charge is 2.26. The minimum Gasteiger partial charge on any atom is -0.490 e. The van der Waals surface area contributed by atoms with Gasteiger partial charge in [0.05, 0.1) is 6.54 Å². The van der Waals surface area contributed by atoms with Gasteiger partial charge in [0.15, 0.2) is 0 Å². The van der Waals surface area contributed by atoms with E-state index in [1.165, 1.54) is 0 Å². The van der Waals surface area contributed by atoms with E-state index in [0.29, 0.717) is 29.9 Å². The molecule has 0 unspecified atom stereocenters. The molecule has 1 N–H and O–H groups in total. The molecule has 0 radical (unpaired) electrons. The van der Waals surface area contributed by atoms with Crippen molar-refractivity contribution in [3.63, 3.8) is 0 Å². The molecule has 0 bridgehead atoms. The highest BCUT2D eigenvalue weighted by atomic mass is 35.5. The number of likely N-dealkylation sites (tertiary alicyclic amines) is 1. The fraction of sp³-hybridized carbons (Fsp3) is 0.292. The molecule has 0 atom stereocenters. The number of rotatable bonds is 8. The fourth-order valence-electron chi connectivity index (χ4n) is 3.64. The first-order valence-electron chi connectivity index (χ1n) is 10.6. The number of anilines is 1. The van der Waals surface area contributed by atoms with E-state index in [1.807, 2.05) is 42.5 Å². The highest BCUT2D eigenvalue weighted by molar-refractivity contribution is 6.30. The number of benzene rings is 2. The van der Waals surface area contributed by atoms with Crippen molar-refractivity contribution in [2.24, 2.45) is 5.92 Å². The predicted octanol–water partition coefficient (Wildman–Crippen LogP) is 4.81. The quantitative estimate of drug-likeness (QED) is 0.494. The van der Waals surface area contributed by atoms with Gasteiger partial charge in [-0.25, -0.2) is 0 Å². The summed E-state index contributed by atoms with van der Waals surface area (Å²) in [4.78, 5) is 19.4. The smallest absolute Gasteiger partial charge is 0.241 e. The Morgan fingerprint density at radius 3 is 2.75 bits per heavy atom. The lowest BCUT2D eigenvalue weighted by Gasteiger charge is -2.30. The number of carbonyl (C=O) groups is 1. The van der Waals surface area contributed by atoms with Crippen LogP contribution in [0.2, 0.25) is 5.02 Å². The summed E-state index contributed by atoms with van der Waals surface area (Å²) in [6, 6.07) is 14.7. The molecule has 3 aromatic rings. The first kappa shape index (κ1) is 22.0. The molecule has 0 saturated carbocycles. The summed E-state index contributed by atoms with van der Waals surface area (Å²) >= 11 is 6.04. The Balaban J connectivity index is 1.25. The Morgan fingerprint density at radius 1 is 1.25 bits per heavy atom. The Kier molecular flexibility index (Phi) is 7.19. The zero-order chi connectivity index (χ0) is 22.3. The van der Waals surface area contributed by atoms with Gasteiger partial charge in [-0.2, -0.15) is 4.98 Å². The van der Waals surface area contributed by atoms with Gasteiger partial charge in [0.25, 0.3) is 0 Å². The minimum atomic E-state index is -0.0207. The molecule has 1 amide bonds. The molecule has 1 aromatic heterocycles. The second-order valence-electron chi connectivity index (χ2n) is 7.69. The van der Waals surface area contributed by atoms with E-state index in [4.69, 9.17) is 20.9 Å². The van der Waals surface area contributed by atoms with Crippen LogP contribution in [0.4, 0.5) is 5.69 Å². The number of nitrogens with zero attached hydrogens (tertiary/aromatic N) is 3. The van der Waals surface area contributed by atoms with E-state index < -0.39 is 0 Å². The third-order valence-electron chi connectivity index (χ3n) is 5.36. The molecule has 166 valence electrons. The Bertz CT molecular complexity index is 1060. The fourth-order valence-corrected chi connectivity index (χ4v) is 3.83. The van der Waals surface area contributed by atoms with Crippen LogP contribution in [-0.4, -0.2) is 40.6 Å². The maximum atomic E-state index is 12.7. The van der Waals surface area contributed by atoms with Gasteiger partial charge in [0.1, 0.15) is 12.4 Å². The van der Waals surface area contributed by atoms with Crippen molar-refractivity contribution in [2.75, 3.05) is 25.0 Å². The number of ether oxygens (including phenoxy) is 1. The van der Waals surface area contributed by atoms with E-state index in [-0.39, 0.29) is 11.8 Å². The number of carbonyl (C=O) groups excluding carboxylic acids is 1. The van der Waals surface area contributed by atoms with Crippen molar-refractivity contribution >= 4 is 23.2 Å². The van der Waals surface area contributed by atoms with Crippen LogP contribution >= 0.6 is 11.6 Å². The molecular formula is C24H25ClN4O3. The van der Waals surface area contributed by atoms with Gasteiger partial charge in [0, 0.05) is 22.2 Å². The third-order valence-corrected chi connectivity index (χ3v) is 5.59. The first-order chi connectivity index (χ1) is 15.6. The van der Waals surface area contributed by atoms with E-state index in [9.17, 15) is 4.79 Å². The van der Waals surface area contributed by atoms with Crippen LogP contribution in [-0.2, 0) is 11.3 Å². The Labute approximate surface area is 192 Å². The van der Waals surface area contributed by atoms with Gasteiger partial charge in [-0.1, -0.05) is 41.5 Å². The summed E-state index contributed by atoms with van der Waals surface area (Å²) in [5, 5.41) is 7.69. The summed E-state index contributed by atoms with van der Waals surface area (Å²) in [5.41, 5.74) is 1.59. The first-order valence-corrected chi connectivity index (χ1v) is 10.9. The summed E-state index contributed by atoms with van der Waals surface area (Å²) in [6.45, 7) is 6.23. The number of amides is 1. The normalized spacial score (nSPS) is 14.8. The van der Waals surface area contributed by atoms with Gasteiger partial charge >= 0.3 is 0 Å². The van der Waals surface area contributed by atoms with E-state index in [0.717, 1.165) is 42.9 Å². The van der Waals surface area contributed by atoms with Crippen LogP contribution in [0.5, 0.6) is 5.75 Å². The average Bonchev–Trinajstić information content (AvgIpc) is 3.27. The molecule has 8 heteroatoms. The highest BCUT2D eigenvalue weighted by Crippen LogP contribution is 2.23. The second-order valence-corrected chi connectivity index (χ2v) is 8.12. The van der Waals surface area contributed by atoms with Crippen LogP contribution < -0.4 is 10.1 Å². The molecule has 7 nitrogen and oxygen atoms in total. The van der Waals surface area contributed by atoms with E-state index in [1.54, 1.807) is 12.1 Å². The van der Waals surface area contributed by atoms with Crippen LogP contribution in [0, 0.1) is 5.92 Å².